The summed E-state index contributed by atoms with van der Waals surface area (Å²) < 4.78 is 5.59. The minimum atomic E-state index is -1.09. The number of nitrogens with zero attached hydrogens (tertiary/aromatic N) is 2. The van der Waals surface area contributed by atoms with Crippen LogP contribution in [0.2, 0.25) is 0 Å². The quantitative estimate of drug-likeness (QED) is 0.301. The molecular formula is C33H37N3O7. The number of aromatic hydroxyl groups is 2. The van der Waals surface area contributed by atoms with Gasteiger partial charge in [-0.2, -0.15) is 0 Å². The number of amides is 3. The molecule has 3 aromatic rings. The normalized spacial score (nSPS) is 20.3. The third-order valence-corrected chi connectivity index (χ3v) is 8.17. The van der Waals surface area contributed by atoms with E-state index < -0.39 is 17.6 Å². The summed E-state index contributed by atoms with van der Waals surface area (Å²) in [6.07, 6.45) is -0.425. The molecule has 2 fully saturated rings. The number of likely N-dealkylation sites (tertiary alicyclic amines) is 2. The van der Waals surface area contributed by atoms with Crippen LogP contribution < -0.4 is 5.32 Å². The molecule has 2 heterocycles. The van der Waals surface area contributed by atoms with E-state index in [0.717, 1.165) is 11.1 Å². The Morgan fingerprint density at radius 3 is 2.30 bits per heavy atom. The number of rotatable bonds is 9. The van der Waals surface area contributed by atoms with E-state index in [0.29, 0.717) is 31.5 Å². The van der Waals surface area contributed by atoms with Crippen molar-refractivity contribution in [1.29, 1.82) is 0 Å². The van der Waals surface area contributed by atoms with E-state index in [-0.39, 0.29) is 61.9 Å². The second-order valence-electron chi connectivity index (χ2n) is 11.5. The maximum atomic E-state index is 13.8. The van der Waals surface area contributed by atoms with Gasteiger partial charge in [-0.05, 0) is 59.7 Å². The molecule has 10 nitrogen and oxygen atoms in total. The molecule has 4 N–H and O–H groups in total. The number of hydrogen-bond donors (Lipinski definition) is 4. The third-order valence-electron chi connectivity index (χ3n) is 8.17. The molecule has 3 atom stereocenters. The SMILES string of the molecule is O=C(CCc1cccc(O)c1)N1C[C@@H]2CN(C(=O)OCc3ccccc3)C[C@](C(=O)NCC(O)c3cccc(O)c3)(C2)C1. The largest absolute Gasteiger partial charge is 0.508 e. The maximum absolute atomic E-state index is 13.8. The van der Waals surface area contributed by atoms with Gasteiger partial charge in [0, 0.05) is 39.1 Å². The summed E-state index contributed by atoms with van der Waals surface area (Å²) in [6.45, 7) is 0.960. The smallest absolute Gasteiger partial charge is 0.410 e. The van der Waals surface area contributed by atoms with Crippen LogP contribution in [0.5, 0.6) is 11.5 Å². The van der Waals surface area contributed by atoms with Gasteiger partial charge in [-0.25, -0.2) is 4.79 Å². The zero-order valence-corrected chi connectivity index (χ0v) is 23.9. The number of phenolic OH excluding ortho intramolecular Hbond substituents is 2. The van der Waals surface area contributed by atoms with Gasteiger partial charge in [0.1, 0.15) is 18.1 Å². The van der Waals surface area contributed by atoms with Crippen LogP contribution in [0.15, 0.2) is 78.9 Å². The molecule has 0 spiro atoms. The number of carbonyl (C=O) groups is 3. The van der Waals surface area contributed by atoms with Crippen LogP contribution in [0.4, 0.5) is 4.79 Å². The van der Waals surface area contributed by atoms with Crippen molar-refractivity contribution in [3.05, 3.63) is 95.6 Å². The summed E-state index contributed by atoms with van der Waals surface area (Å²) in [5.41, 5.74) is 1.06. The van der Waals surface area contributed by atoms with Crippen molar-refractivity contribution in [1.82, 2.24) is 15.1 Å². The highest BCUT2D eigenvalue weighted by Crippen LogP contribution is 2.40. The standard InChI is InChI=1S/C33H37N3O7/c37-27-10-4-8-23(14-27)12-13-30(40)35-18-25-16-33(21-35,31(41)34-17-29(39)26-9-5-11-28(38)15-26)22-36(19-25)32(42)43-20-24-6-2-1-3-7-24/h1-11,14-15,25,29,37-39H,12-13,16-22H2,(H,34,41)/t25-,29?,33+/m1/s1. The van der Waals surface area contributed by atoms with Crippen molar-refractivity contribution in [3.63, 3.8) is 0 Å². The van der Waals surface area contributed by atoms with Crippen molar-refractivity contribution < 1.29 is 34.4 Å². The molecule has 3 amide bonds. The van der Waals surface area contributed by atoms with Crippen molar-refractivity contribution in [3.8, 4) is 11.5 Å². The van der Waals surface area contributed by atoms with Crippen molar-refractivity contribution in [2.45, 2.75) is 32.0 Å². The van der Waals surface area contributed by atoms with Gasteiger partial charge in [0.15, 0.2) is 0 Å². The van der Waals surface area contributed by atoms with Gasteiger partial charge < -0.3 is 35.2 Å². The predicted octanol–water partition coefficient (Wildman–Crippen LogP) is 3.37. The molecule has 0 aliphatic carbocycles. The summed E-state index contributed by atoms with van der Waals surface area (Å²) in [5, 5.41) is 33.1. The second-order valence-corrected chi connectivity index (χ2v) is 11.5. The fraction of sp³-hybridized carbons (Fsp3) is 0.364. The van der Waals surface area contributed by atoms with Crippen LogP contribution in [0.3, 0.4) is 0 Å². The Morgan fingerprint density at radius 1 is 0.884 bits per heavy atom. The molecular weight excluding hydrogens is 550 g/mol. The first-order chi connectivity index (χ1) is 20.7. The predicted molar refractivity (Wildman–Crippen MR) is 158 cm³/mol. The average molecular weight is 588 g/mol. The Balaban J connectivity index is 1.29. The zero-order valence-electron chi connectivity index (χ0n) is 23.9. The fourth-order valence-corrected chi connectivity index (χ4v) is 6.13. The Hall–Kier alpha value is -4.57. The lowest BCUT2D eigenvalue weighted by atomic mass is 9.71. The Labute approximate surface area is 250 Å². The fourth-order valence-electron chi connectivity index (χ4n) is 6.13. The van der Waals surface area contributed by atoms with Crippen LogP contribution in [0, 0.1) is 11.3 Å². The zero-order chi connectivity index (χ0) is 30.4. The van der Waals surface area contributed by atoms with E-state index in [2.05, 4.69) is 5.32 Å². The van der Waals surface area contributed by atoms with Gasteiger partial charge in [-0.1, -0.05) is 54.6 Å². The van der Waals surface area contributed by atoms with Crippen LogP contribution >= 0.6 is 0 Å². The van der Waals surface area contributed by atoms with E-state index in [1.807, 2.05) is 36.4 Å². The molecule has 0 aromatic heterocycles. The van der Waals surface area contributed by atoms with E-state index in [9.17, 15) is 29.7 Å². The molecule has 0 saturated carbocycles. The number of phenols is 2. The Kier molecular flexibility index (Phi) is 9.16. The van der Waals surface area contributed by atoms with Gasteiger partial charge in [-0.3, -0.25) is 9.59 Å². The summed E-state index contributed by atoms with van der Waals surface area (Å²) in [5.74, 6) is -0.459. The van der Waals surface area contributed by atoms with Crippen LogP contribution in [0.25, 0.3) is 0 Å². The molecule has 43 heavy (non-hydrogen) atoms. The molecule has 2 bridgehead atoms. The number of hydrogen-bond acceptors (Lipinski definition) is 7. The van der Waals surface area contributed by atoms with E-state index >= 15 is 0 Å². The van der Waals surface area contributed by atoms with E-state index in [4.69, 9.17) is 4.74 Å². The van der Waals surface area contributed by atoms with Crippen molar-refractivity contribution in [2.24, 2.45) is 11.3 Å². The number of aryl methyl sites for hydroxylation is 1. The van der Waals surface area contributed by atoms with E-state index in [1.54, 1.807) is 40.1 Å². The lowest BCUT2D eigenvalue weighted by molar-refractivity contribution is -0.149. The molecule has 3 aromatic carbocycles. The molecule has 1 unspecified atom stereocenters. The molecule has 2 saturated heterocycles. The first-order valence-electron chi connectivity index (χ1n) is 14.5. The molecule has 0 radical (unpaired) electrons. The summed E-state index contributed by atoms with van der Waals surface area (Å²) in [4.78, 5) is 43.6. The topological polar surface area (TPSA) is 140 Å². The lowest BCUT2D eigenvalue weighted by Gasteiger charge is -2.51. The highest BCUT2D eigenvalue weighted by Gasteiger charge is 2.52. The highest BCUT2D eigenvalue weighted by molar-refractivity contribution is 5.86. The van der Waals surface area contributed by atoms with Gasteiger partial charge >= 0.3 is 6.09 Å². The van der Waals surface area contributed by atoms with Gasteiger partial charge in [0.25, 0.3) is 0 Å². The molecule has 2 aliphatic heterocycles. The van der Waals surface area contributed by atoms with Crippen LogP contribution in [0.1, 0.15) is 35.6 Å². The van der Waals surface area contributed by atoms with Crippen LogP contribution in [-0.2, 0) is 27.4 Å². The summed E-state index contributed by atoms with van der Waals surface area (Å²) in [7, 11) is 0. The summed E-state index contributed by atoms with van der Waals surface area (Å²) in [6, 6.07) is 22.3. The number of aliphatic hydroxyl groups is 1. The highest BCUT2D eigenvalue weighted by atomic mass is 16.6. The monoisotopic (exact) mass is 587 g/mol. The number of ether oxygens (including phenoxy) is 1. The number of fused-ring (bicyclic) bond motifs is 2. The molecule has 10 heteroatoms. The number of benzene rings is 3. The summed E-state index contributed by atoms with van der Waals surface area (Å²) >= 11 is 0. The minimum absolute atomic E-state index is 0.00778. The van der Waals surface area contributed by atoms with Crippen molar-refractivity contribution >= 4 is 17.9 Å². The molecule has 2 aliphatic rings. The maximum Gasteiger partial charge on any atom is 0.410 e. The average Bonchev–Trinajstić information content (AvgIpc) is 3.01. The number of nitrogens with one attached hydrogen (secondary N) is 1. The van der Waals surface area contributed by atoms with E-state index in [1.165, 1.54) is 12.1 Å². The van der Waals surface area contributed by atoms with Crippen LogP contribution in [-0.4, -0.2) is 75.8 Å². The number of piperidine rings is 2. The first-order valence-corrected chi connectivity index (χ1v) is 14.5. The minimum Gasteiger partial charge on any atom is -0.508 e. The van der Waals surface area contributed by atoms with Gasteiger partial charge in [0.05, 0.1) is 11.5 Å². The van der Waals surface area contributed by atoms with Gasteiger partial charge in [0.2, 0.25) is 11.8 Å². The molecule has 226 valence electrons. The number of aliphatic hydroxyl groups excluding tert-OH is 1. The van der Waals surface area contributed by atoms with Crippen molar-refractivity contribution in [2.75, 3.05) is 32.7 Å². The second kappa shape index (κ2) is 13.2. The Bertz CT molecular complexity index is 1450. The molecule has 5 rings (SSSR count). The lowest BCUT2D eigenvalue weighted by Crippen LogP contribution is -2.65. The third kappa shape index (κ3) is 7.45. The van der Waals surface area contributed by atoms with Gasteiger partial charge in [-0.15, -0.1) is 0 Å². The Morgan fingerprint density at radius 2 is 1.56 bits per heavy atom. The number of carbonyl (C=O) groups excluding carboxylic acids is 3. The first kappa shape index (κ1) is 29.9.